The first kappa shape index (κ1) is 16.5. The Bertz CT molecular complexity index is 697. The second-order valence-corrected chi connectivity index (χ2v) is 5.24. The van der Waals surface area contributed by atoms with Gasteiger partial charge >= 0.3 is 0 Å². The summed E-state index contributed by atoms with van der Waals surface area (Å²) in [5, 5.41) is 12.9. The van der Waals surface area contributed by atoms with Gasteiger partial charge < -0.3 is 5.32 Å². The standard InChI is InChI=1S/C15H14N2O6/c18-12-6-2-5-11(12)13(19)8-14(20)15(21)16-9-3-1-4-10(7-9)17(22)23/h1,3-4,7,11H,2,5-6,8H2,(H,16,21)/t11-/m1/s1. The van der Waals surface area contributed by atoms with Gasteiger partial charge in [0.25, 0.3) is 11.6 Å². The van der Waals surface area contributed by atoms with Crippen molar-refractivity contribution in [1.29, 1.82) is 0 Å². The number of hydrogen-bond donors (Lipinski definition) is 1. The first-order chi connectivity index (χ1) is 10.9. The molecular weight excluding hydrogens is 304 g/mol. The molecule has 0 saturated heterocycles. The Hall–Kier alpha value is -2.90. The molecule has 1 aliphatic carbocycles. The zero-order valence-electron chi connectivity index (χ0n) is 12.1. The number of Topliss-reactive ketones (excluding diaryl/α,β-unsaturated/α-hetero) is 3. The molecule has 0 spiro atoms. The van der Waals surface area contributed by atoms with Crippen LogP contribution in [0.25, 0.3) is 0 Å². The van der Waals surface area contributed by atoms with E-state index in [2.05, 4.69) is 5.32 Å². The average molecular weight is 318 g/mol. The van der Waals surface area contributed by atoms with E-state index in [0.29, 0.717) is 19.3 Å². The summed E-state index contributed by atoms with van der Waals surface area (Å²) in [5.74, 6) is -3.54. The molecule has 120 valence electrons. The third-order valence-corrected chi connectivity index (χ3v) is 3.60. The van der Waals surface area contributed by atoms with Gasteiger partial charge in [-0.15, -0.1) is 0 Å². The molecule has 0 aromatic heterocycles. The summed E-state index contributed by atoms with van der Waals surface area (Å²) in [7, 11) is 0. The van der Waals surface area contributed by atoms with Gasteiger partial charge in [0.2, 0.25) is 5.78 Å². The van der Waals surface area contributed by atoms with Gasteiger partial charge in [0, 0.05) is 24.2 Å². The first-order valence-corrected chi connectivity index (χ1v) is 7.02. The van der Waals surface area contributed by atoms with E-state index in [4.69, 9.17) is 0 Å². The Morgan fingerprint density at radius 1 is 1.30 bits per heavy atom. The molecule has 2 rings (SSSR count). The molecule has 0 heterocycles. The molecule has 1 fully saturated rings. The van der Waals surface area contributed by atoms with Crippen molar-refractivity contribution in [2.45, 2.75) is 25.7 Å². The molecule has 8 nitrogen and oxygen atoms in total. The van der Waals surface area contributed by atoms with Crippen LogP contribution < -0.4 is 5.32 Å². The second kappa shape index (κ2) is 6.91. The van der Waals surface area contributed by atoms with Gasteiger partial charge in [0.15, 0.2) is 5.78 Å². The molecule has 0 aliphatic heterocycles. The summed E-state index contributed by atoms with van der Waals surface area (Å²) < 4.78 is 0. The highest BCUT2D eigenvalue weighted by molar-refractivity contribution is 6.43. The summed E-state index contributed by atoms with van der Waals surface area (Å²) in [5.41, 5.74) is -0.148. The van der Waals surface area contributed by atoms with Crippen molar-refractivity contribution >= 4 is 34.6 Å². The number of hydrogen-bond acceptors (Lipinski definition) is 6. The normalized spacial score (nSPS) is 16.9. The third-order valence-electron chi connectivity index (χ3n) is 3.60. The van der Waals surface area contributed by atoms with Crippen LogP contribution >= 0.6 is 0 Å². The number of nitrogens with one attached hydrogen (secondary N) is 1. The minimum absolute atomic E-state index is 0.0851. The van der Waals surface area contributed by atoms with E-state index in [1.807, 2.05) is 0 Å². The van der Waals surface area contributed by atoms with Crippen molar-refractivity contribution < 1.29 is 24.1 Å². The lowest BCUT2D eigenvalue weighted by Crippen LogP contribution is -2.28. The monoisotopic (exact) mass is 318 g/mol. The van der Waals surface area contributed by atoms with Crippen molar-refractivity contribution in [3.63, 3.8) is 0 Å². The van der Waals surface area contributed by atoms with Crippen LogP contribution in [0.2, 0.25) is 0 Å². The van der Waals surface area contributed by atoms with E-state index in [0.717, 1.165) is 6.07 Å². The topological polar surface area (TPSA) is 123 Å². The maximum atomic E-state index is 11.9. The maximum absolute atomic E-state index is 11.9. The van der Waals surface area contributed by atoms with Gasteiger partial charge in [-0.3, -0.25) is 29.3 Å². The fourth-order valence-electron chi connectivity index (χ4n) is 2.42. The lowest BCUT2D eigenvalue weighted by Gasteiger charge is -2.07. The lowest BCUT2D eigenvalue weighted by molar-refractivity contribution is -0.384. The van der Waals surface area contributed by atoms with Crippen LogP contribution in [-0.2, 0) is 19.2 Å². The van der Waals surface area contributed by atoms with Crippen LogP contribution in [0.15, 0.2) is 24.3 Å². The van der Waals surface area contributed by atoms with Crippen LogP contribution in [-0.4, -0.2) is 28.2 Å². The Labute approximate surface area is 131 Å². The summed E-state index contributed by atoms with van der Waals surface area (Å²) in [6, 6.07) is 5.10. The Morgan fingerprint density at radius 2 is 2.04 bits per heavy atom. The van der Waals surface area contributed by atoms with E-state index in [-0.39, 0.29) is 17.2 Å². The lowest BCUT2D eigenvalue weighted by atomic mass is 9.97. The number of amides is 1. The summed E-state index contributed by atoms with van der Waals surface area (Å²) in [6.45, 7) is 0. The van der Waals surface area contributed by atoms with E-state index in [1.54, 1.807) is 0 Å². The Kier molecular flexibility index (Phi) is 4.95. The second-order valence-electron chi connectivity index (χ2n) is 5.24. The molecule has 8 heteroatoms. The van der Waals surface area contributed by atoms with Crippen molar-refractivity contribution in [2.75, 3.05) is 5.32 Å². The number of nitro groups is 1. The molecule has 0 unspecified atom stereocenters. The summed E-state index contributed by atoms with van der Waals surface area (Å²) >= 11 is 0. The van der Waals surface area contributed by atoms with Crippen LogP contribution in [0.5, 0.6) is 0 Å². The fourth-order valence-corrected chi connectivity index (χ4v) is 2.42. The smallest absolute Gasteiger partial charge is 0.292 e. The van der Waals surface area contributed by atoms with Crippen molar-refractivity contribution in [3.05, 3.63) is 34.4 Å². The van der Waals surface area contributed by atoms with E-state index < -0.39 is 34.7 Å². The molecule has 23 heavy (non-hydrogen) atoms. The Balaban J connectivity index is 1.96. The molecule has 1 aromatic carbocycles. The van der Waals surface area contributed by atoms with Gasteiger partial charge in [0.05, 0.1) is 17.3 Å². The quantitative estimate of drug-likeness (QED) is 0.366. The molecule has 1 aliphatic rings. The fraction of sp³-hybridized carbons (Fsp3) is 0.333. The predicted octanol–water partition coefficient (Wildman–Crippen LogP) is 1.43. The van der Waals surface area contributed by atoms with Crippen molar-refractivity contribution in [2.24, 2.45) is 5.92 Å². The molecule has 1 amide bonds. The summed E-state index contributed by atoms with van der Waals surface area (Å²) in [6.07, 6.45) is 0.711. The SMILES string of the molecule is O=C(CC(=O)[C@@H]1CCCC1=O)C(=O)Nc1cccc([N+](=O)[O-])c1. The van der Waals surface area contributed by atoms with Gasteiger partial charge in [-0.1, -0.05) is 6.07 Å². The minimum Gasteiger partial charge on any atom is -0.319 e. The zero-order chi connectivity index (χ0) is 17.0. The van der Waals surface area contributed by atoms with Crippen LogP contribution in [0.4, 0.5) is 11.4 Å². The zero-order valence-corrected chi connectivity index (χ0v) is 12.1. The van der Waals surface area contributed by atoms with Gasteiger partial charge in [-0.25, -0.2) is 0 Å². The van der Waals surface area contributed by atoms with E-state index >= 15 is 0 Å². The number of carbonyl (C=O) groups excluding carboxylic acids is 4. The number of non-ortho nitro benzene ring substituents is 1. The van der Waals surface area contributed by atoms with Gasteiger partial charge in [-0.05, 0) is 18.9 Å². The highest BCUT2D eigenvalue weighted by Crippen LogP contribution is 2.23. The predicted molar refractivity (Wildman–Crippen MR) is 78.7 cm³/mol. The van der Waals surface area contributed by atoms with Crippen molar-refractivity contribution in [3.8, 4) is 0 Å². The molecule has 1 aromatic rings. The molecule has 1 saturated carbocycles. The number of nitrogens with zero attached hydrogens (tertiary/aromatic N) is 1. The molecule has 1 atom stereocenters. The summed E-state index contributed by atoms with van der Waals surface area (Å²) in [4.78, 5) is 56.9. The van der Waals surface area contributed by atoms with Crippen LogP contribution in [0, 0.1) is 16.0 Å². The van der Waals surface area contributed by atoms with Crippen LogP contribution in [0.3, 0.4) is 0 Å². The molecular formula is C15H14N2O6. The van der Waals surface area contributed by atoms with E-state index in [9.17, 15) is 29.3 Å². The van der Waals surface area contributed by atoms with Gasteiger partial charge in [-0.2, -0.15) is 0 Å². The number of benzene rings is 1. The molecule has 1 N–H and O–H groups in total. The average Bonchev–Trinajstić information content (AvgIpc) is 2.93. The highest BCUT2D eigenvalue weighted by atomic mass is 16.6. The number of rotatable bonds is 6. The maximum Gasteiger partial charge on any atom is 0.292 e. The van der Waals surface area contributed by atoms with Gasteiger partial charge in [0.1, 0.15) is 5.78 Å². The third kappa shape index (κ3) is 4.06. The number of ketones is 3. The number of carbonyl (C=O) groups is 4. The van der Waals surface area contributed by atoms with Crippen LogP contribution in [0.1, 0.15) is 25.7 Å². The van der Waals surface area contributed by atoms with E-state index in [1.165, 1.54) is 18.2 Å². The van der Waals surface area contributed by atoms with Crippen molar-refractivity contribution in [1.82, 2.24) is 0 Å². The largest absolute Gasteiger partial charge is 0.319 e. The number of anilines is 1. The Morgan fingerprint density at radius 3 is 2.65 bits per heavy atom. The highest BCUT2D eigenvalue weighted by Gasteiger charge is 2.32. The first-order valence-electron chi connectivity index (χ1n) is 7.02. The molecule has 0 bridgehead atoms. The molecule has 0 radical (unpaired) electrons. The number of nitro benzene ring substituents is 1. The minimum atomic E-state index is -1.04.